The minimum absolute atomic E-state index is 0.00832. The summed E-state index contributed by atoms with van der Waals surface area (Å²) in [5.74, 6) is -0.155. The highest BCUT2D eigenvalue weighted by molar-refractivity contribution is 7.92. The molecule has 0 aliphatic carbocycles. The van der Waals surface area contributed by atoms with Gasteiger partial charge in [-0.3, -0.25) is 0 Å². The van der Waals surface area contributed by atoms with E-state index in [1.165, 1.54) is 16.4 Å². The molecular weight excluding hydrogens is 324 g/mol. The molecule has 1 heterocycles. The molecule has 0 amide bonds. The average molecular weight is 346 g/mol. The Bertz CT molecular complexity index is 740. The van der Waals surface area contributed by atoms with Crippen LogP contribution in [0.4, 0.5) is 5.69 Å². The number of nitrogen functional groups attached to an aromatic ring is 1. The van der Waals surface area contributed by atoms with Gasteiger partial charge < -0.3 is 5.73 Å². The summed E-state index contributed by atoms with van der Waals surface area (Å²) in [7, 11) is -7.01. The Hall–Kier alpha value is -1.12. The van der Waals surface area contributed by atoms with Gasteiger partial charge in [0.1, 0.15) is 0 Å². The molecule has 2 atom stereocenters. The molecular formula is C14H22N2O4S2. The predicted octanol–water partition coefficient (Wildman–Crippen LogP) is 0.959. The van der Waals surface area contributed by atoms with E-state index in [-0.39, 0.29) is 29.8 Å². The molecule has 22 heavy (non-hydrogen) atoms. The maximum absolute atomic E-state index is 12.9. The summed E-state index contributed by atoms with van der Waals surface area (Å²) < 4.78 is 50.5. The number of anilines is 1. The van der Waals surface area contributed by atoms with E-state index in [2.05, 4.69) is 0 Å². The summed E-state index contributed by atoms with van der Waals surface area (Å²) in [4.78, 5) is 0.188. The second-order valence-corrected chi connectivity index (χ2v) is 10.3. The first-order valence-corrected chi connectivity index (χ1v) is 10.5. The van der Waals surface area contributed by atoms with Gasteiger partial charge in [0.25, 0.3) is 0 Å². The van der Waals surface area contributed by atoms with Crippen molar-refractivity contribution in [3.63, 3.8) is 0 Å². The molecule has 2 rings (SSSR count). The van der Waals surface area contributed by atoms with Crippen molar-refractivity contribution in [3.05, 3.63) is 24.3 Å². The molecule has 0 spiro atoms. The van der Waals surface area contributed by atoms with E-state index in [1.54, 1.807) is 12.1 Å². The predicted molar refractivity (Wildman–Crippen MR) is 86.6 cm³/mol. The molecule has 0 radical (unpaired) electrons. The molecule has 8 heteroatoms. The summed E-state index contributed by atoms with van der Waals surface area (Å²) in [6, 6.07) is 6.04. The largest absolute Gasteiger partial charge is 0.399 e. The van der Waals surface area contributed by atoms with Gasteiger partial charge in [0.15, 0.2) is 9.84 Å². The van der Waals surface area contributed by atoms with Crippen LogP contribution >= 0.6 is 0 Å². The lowest BCUT2D eigenvalue weighted by Crippen LogP contribution is -2.33. The zero-order chi connectivity index (χ0) is 16.7. The first kappa shape index (κ1) is 17.2. The van der Waals surface area contributed by atoms with Crippen molar-refractivity contribution in [2.75, 3.05) is 25.1 Å². The Kier molecular flexibility index (Phi) is 4.56. The van der Waals surface area contributed by atoms with Crippen LogP contribution in [0.3, 0.4) is 0 Å². The van der Waals surface area contributed by atoms with Crippen molar-refractivity contribution in [1.82, 2.24) is 4.31 Å². The highest BCUT2D eigenvalue weighted by atomic mass is 32.2. The van der Waals surface area contributed by atoms with Gasteiger partial charge in [-0.05, 0) is 36.1 Å². The van der Waals surface area contributed by atoms with Crippen LogP contribution in [0.15, 0.2) is 29.2 Å². The van der Waals surface area contributed by atoms with Crippen LogP contribution in [0.1, 0.15) is 13.8 Å². The van der Waals surface area contributed by atoms with Gasteiger partial charge in [0.05, 0.1) is 16.4 Å². The minimum atomic E-state index is -3.60. The third-order valence-electron chi connectivity index (χ3n) is 4.21. The zero-order valence-corrected chi connectivity index (χ0v) is 14.6. The smallest absolute Gasteiger partial charge is 0.211 e. The van der Waals surface area contributed by atoms with Crippen molar-refractivity contribution >= 4 is 25.5 Å². The Morgan fingerprint density at radius 3 is 2.09 bits per heavy atom. The van der Waals surface area contributed by atoms with Crippen molar-refractivity contribution in [2.24, 2.45) is 11.8 Å². The first-order chi connectivity index (χ1) is 10.0. The van der Waals surface area contributed by atoms with Crippen molar-refractivity contribution in [2.45, 2.75) is 24.0 Å². The Balaban J connectivity index is 2.41. The molecule has 124 valence electrons. The second kappa shape index (κ2) is 5.82. The third kappa shape index (κ3) is 3.28. The summed E-state index contributed by atoms with van der Waals surface area (Å²) in [6.07, 6.45) is 1.11. The fraction of sp³-hybridized carbons (Fsp3) is 0.571. The van der Waals surface area contributed by atoms with Crippen molar-refractivity contribution < 1.29 is 16.8 Å². The summed E-state index contributed by atoms with van der Waals surface area (Å²) in [5.41, 5.74) is 6.09. The number of sulfone groups is 1. The van der Waals surface area contributed by atoms with Gasteiger partial charge >= 0.3 is 0 Å². The van der Waals surface area contributed by atoms with E-state index in [0.717, 1.165) is 6.26 Å². The number of rotatable bonds is 4. The normalized spacial score (nSPS) is 24.0. The first-order valence-electron chi connectivity index (χ1n) is 7.08. The van der Waals surface area contributed by atoms with Crippen molar-refractivity contribution in [1.29, 1.82) is 0 Å². The maximum Gasteiger partial charge on any atom is 0.211 e. The van der Waals surface area contributed by atoms with Gasteiger partial charge in [0, 0.05) is 18.8 Å². The lowest BCUT2D eigenvalue weighted by Gasteiger charge is -2.22. The number of nitrogens with zero attached hydrogens (tertiary/aromatic N) is 1. The molecule has 1 aliphatic rings. The molecule has 1 aliphatic heterocycles. The molecule has 0 aromatic heterocycles. The number of hydrogen-bond donors (Lipinski definition) is 1. The molecule has 1 aromatic rings. The van der Waals surface area contributed by atoms with E-state index < -0.39 is 25.1 Å². The van der Waals surface area contributed by atoms with Crippen LogP contribution in [-0.2, 0) is 19.9 Å². The van der Waals surface area contributed by atoms with E-state index in [1.807, 2.05) is 13.8 Å². The minimum Gasteiger partial charge on any atom is -0.399 e. The fourth-order valence-corrected chi connectivity index (χ4v) is 5.91. The average Bonchev–Trinajstić information content (AvgIpc) is 2.85. The Morgan fingerprint density at radius 2 is 1.64 bits per heavy atom. The maximum atomic E-state index is 12.9. The molecule has 1 aromatic carbocycles. The second-order valence-electron chi connectivity index (χ2n) is 6.14. The van der Waals surface area contributed by atoms with Crippen LogP contribution in [0.2, 0.25) is 0 Å². The number of sulfonamides is 1. The summed E-state index contributed by atoms with van der Waals surface area (Å²) in [5, 5.41) is -0.731. The standard InChI is InChI=1S/C14H22N2O4S2/c1-10(2)13-8-16(21(3,17)18)9-14(13)22(19,20)12-6-4-11(15)5-7-12/h4-7,10,13-14H,8-9,15H2,1-3H3/t13-,14?/m0/s1. The van der Waals surface area contributed by atoms with E-state index >= 15 is 0 Å². The molecule has 0 bridgehead atoms. The Labute approximate surface area is 132 Å². The van der Waals surface area contributed by atoms with E-state index in [9.17, 15) is 16.8 Å². The van der Waals surface area contributed by atoms with Crippen LogP contribution in [0, 0.1) is 11.8 Å². The highest BCUT2D eigenvalue weighted by Crippen LogP contribution is 2.34. The third-order valence-corrected chi connectivity index (χ3v) is 7.67. The Morgan fingerprint density at radius 1 is 1.09 bits per heavy atom. The molecule has 2 N–H and O–H groups in total. The van der Waals surface area contributed by atoms with Crippen molar-refractivity contribution in [3.8, 4) is 0 Å². The molecule has 6 nitrogen and oxygen atoms in total. The van der Waals surface area contributed by atoms with Gasteiger partial charge in [-0.2, -0.15) is 0 Å². The summed E-state index contributed by atoms with van der Waals surface area (Å²) >= 11 is 0. The summed E-state index contributed by atoms with van der Waals surface area (Å²) in [6.45, 7) is 4.09. The topological polar surface area (TPSA) is 97.5 Å². The number of benzene rings is 1. The SMILES string of the molecule is CC(C)[C@@H]1CN(S(C)(=O)=O)CC1S(=O)(=O)c1ccc(N)cc1. The fourth-order valence-electron chi connectivity index (χ4n) is 2.83. The van der Waals surface area contributed by atoms with Crippen LogP contribution in [0.25, 0.3) is 0 Å². The molecule has 1 fully saturated rings. The monoisotopic (exact) mass is 346 g/mol. The van der Waals surface area contributed by atoms with Crippen LogP contribution < -0.4 is 5.73 Å². The molecule has 0 saturated carbocycles. The van der Waals surface area contributed by atoms with E-state index in [0.29, 0.717) is 5.69 Å². The quantitative estimate of drug-likeness (QED) is 0.819. The molecule has 1 saturated heterocycles. The number of hydrogen-bond acceptors (Lipinski definition) is 5. The van der Waals surface area contributed by atoms with Crippen LogP contribution in [-0.4, -0.2) is 45.7 Å². The van der Waals surface area contributed by atoms with Crippen LogP contribution in [0.5, 0.6) is 0 Å². The zero-order valence-electron chi connectivity index (χ0n) is 12.9. The lowest BCUT2D eigenvalue weighted by molar-refractivity contribution is 0.388. The van der Waals surface area contributed by atoms with Gasteiger partial charge in [0.2, 0.25) is 10.0 Å². The van der Waals surface area contributed by atoms with Gasteiger partial charge in [-0.25, -0.2) is 21.1 Å². The molecule has 1 unspecified atom stereocenters. The lowest BCUT2D eigenvalue weighted by atomic mass is 9.95. The van der Waals surface area contributed by atoms with E-state index in [4.69, 9.17) is 5.73 Å². The highest BCUT2D eigenvalue weighted by Gasteiger charge is 2.45. The van der Waals surface area contributed by atoms with Gasteiger partial charge in [-0.15, -0.1) is 0 Å². The van der Waals surface area contributed by atoms with Gasteiger partial charge in [-0.1, -0.05) is 13.8 Å². The number of nitrogens with two attached hydrogens (primary N) is 1.